The van der Waals surface area contributed by atoms with Gasteiger partial charge >= 0.3 is 0 Å². The van der Waals surface area contributed by atoms with Crippen LogP contribution < -0.4 is 11.1 Å². The van der Waals surface area contributed by atoms with Gasteiger partial charge in [-0.25, -0.2) is 0 Å². The van der Waals surface area contributed by atoms with E-state index in [4.69, 9.17) is 5.73 Å². The Balaban J connectivity index is 2.52. The van der Waals surface area contributed by atoms with Gasteiger partial charge in [-0.1, -0.05) is 25.1 Å². The topological polar surface area (TPSA) is 55.1 Å². The van der Waals surface area contributed by atoms with Crippen LogP contribution in [0.25, 0.3) is 11.1 Å². The van der Waals surface area contributed by atoms with E-state index >= 15 is 0 Å². The van der Waals surface area contributed by atoms with Gasteiger partial charge in [-0.3, -0.25) is 4.79 Å². The number of amides is 1. The first-order valence-corrected chi connectivity index (χ1v) is 8.02. The highest BCUT2D eigenvalue weighted by Crippen LogP contribution is 2.38. The highest BCUT2D eigenvalue weighted by atomic mass is 32.1. The molecule has 1 aromatic heterocycles. The standard InChI is InChI=1S/C17H22N2OS/c1-5-8-19-17(20)15-14(12(4)21-16(15)18)13-7-6-10(2)11(3)9-13/h6-7,9H,5,8,18H2,1-4H3,(H,19,20). The molecule has 3 N–H and O–H groups in total. The first-order chi connectivity index (χ1) is 9.95. The Hall–Kier alpha value is -1.81. The molecule has 1 amide bonds. The van der Waals surface area contributed by atoms with Gasteiger partial charge in [-0.15, -0.1) is 11.3 Å². The van der Waals surface area contributed by atoms with Crippen LogP contribution in [0.15, 0.2) is 18.2 Å². The molecule has 1 heterocycles. The summed E-state index contributed by atoms with van der Waals surface area (Å²) in [6.45, 7) is 8.89. The van der Waals surface area contributed by atoms with Crippen LogP contribution in [0.5, 0.6) is 0 Å². The summed E-state index contributed by atoms with van der Waals surface area (Å²) in [4.78, 5) is 13.5. The third-order valence-electron chi connectivity index (χ3n) is 3.67. The number of thiophene rings is 1. The molecule has 0 spiro atoms. The monoisotopic (exact) mass is 302 g/mol. The van der Waals surface area contributed by atoms with Crippen LogP contribution in [-0.4, -0.2) is 12.5 Å². The molecular weight excluding hydrogens is 280 g/mol. The molecule has 0 aliphatic heterocycles. The predicted octanol–water partition coefficient (Wildman–Crippen LogP) is 4.06. The number of carbonyl (C=O) groups excluding carboxylic acids is 1. The lowest BCUT2D eigenvalue weighted by Gasteiger charge is -2.09. The number of rotatable bonds is 4. The summed E-state index contributed by atoms with van der Waals surface area (Å²) >= 11 is 1.48. The van der Waals surface area contributed by atoms with Crippen LogP contribution in [0.3, 0.4) is 0 Å². The number of benzene rings is 1. The minimum Gasteiger partial charge on any atom is -0.390 e. The van der Waals surface area contributed by atoms with E-state index < -0.39 is 0 Å². The lowest BCUT2D eigenvalue weighted by molar-refractivity contribution is 0.0955. The van der Waals surface area contributed by atoms with Crippen LogP contribution in [0.1, 0.15) is 39.7 Å². The first-order valence-electron chi connectivity index (χ1n) is 7.20. The van der Waals surface area contributed by atoms with Gasteiger partial charge in [0, 0.05) is 17.0 Å². The minimum atomic E-state index is -0.0769. The van der Waals surface area contributed by atoms with Crippen LogP contribution in [0.2, 0.25) is 0 Å². The van der Waals surface area contributed by atoms with Crippen molar-refractivity contribution in [2.24, 2.45) is 0 Å². The van der Waals surface area contributed by atoms with Gasteiger partial charge in [-0.2, -0.15) is 0 Å². The predicted molar refractivity (Wildman–Crippen MR) is 91.0 cm³/mol. The summed E-state index contributed by atoms with van der Waals surface area (Å²) in [7, 11) is 0. The summed E-state index contributed by atoms with van der Waals surface area (Å²) < 4.78 is 0. The normalized spacial score (nSPS) is 10.7. The Morgan fingerprint density at radius 1 is 1.24 bits per heavy atom. The number of anilines is 1. The molecule has 0 unspecified atom stereocenters. The fourth-order valence-corrected chi connectivity index (χ4v) is 3.31. The number of nitrogens with one attached hydrogen (secondary N) is 1. The molecule has 0 bridgehead atoms. The van der Waals surface area contributed by atoms with Gasteiger partial charge in [0.25, 0.3) is 5.91 Å². The van der Waals surface area contributed by atoms with Crippen LogP contribution in [0.4, 0.5) is 5.00 Å². The van der Waals surface area contributed by atoms with Gasteiger partial charge in [0.1, 0.15) is 0 Å². The number of hydrogen-bond acceptors (Lipinski definition) is 3. The highest BCUT2D eigenvalue weighted by molar-refractivity contribution is 7.16. The average Bonchev–Trinajstić information content (AvgIpc) is 2.74. The number of carbonyl (C=O) groups is 1. The van der Waals surface area contributed by atoms with Gasteiger partial charge in [0.05, 0.1) is 10.6 Å². The van der Waals surface area contributed by atoms with E-state index in [1.807, 2.05) is 13.8 Å². The first kappa shape index (κ1) is 15.6. The quantitative estimate of drug-likeness (QED) is 0.894. The lowest BCUT2D eigenvalue weighted by Crippen LogP contribution is -2.24. The van der Waals surface area contributed by atoms with Crippen molar-refractivity contribution >= 4 is 22.2 Å². The minimum absolute atomic E-state index is 0.0769. The Bertz CT molecular complexity index is 674. The van der Waals surface area contributed by atoms with E-state index in [9.17, 15) is 4.79 Å². The van der Waals surface area contributed by atoms with Crippen LogP contribution in [0, 0.1) is 20.8 Å². The fraction of sp³-hybridized carbons (Fsp3) is 0.353. The number of aryl methyl sites for hydroxylation is 3. The smallest absolute Gasteiger partial charge is 0.254 e. The van der Waals surface area contributed by atoms with Crippen molar-refractivity contribution in [1.29, 1.82) is 0 Å². The Labute approximate surface area is 130 Å². The van der Waals surface area contributed by atoms with E-state index in [0.29, 0.717) is 17.1 Å². The fourth-order valence-electron chi connectivity index (χ4n) is 2.36. The van der Waals surface area contributed by atoms with Gasteiger partial charge < -0.3 is 11.1 Å². The van der Waals surface area contributed by atoms with Crippen LogP contribution in [-0.2, 0) is 0 Å². The van der Waals surface area contributed by atoms with Crippen molar-refractivity contribution in [2.45, 2.75) is 34.1 Å². The Kier molecular flexibility index (Phi) is 4.68. The van der Waals surface area contributed by atoms with E-state index in [1.165, 1.54) is 22.5 Å². The SMILES string of the molecule is CCCNC(=O)c1c(N)sc(C)c1-c1ccc(C)c(C)c1. The second kappa shape index (κ2) is 6.31. The van der Waals surface area contributed by atoms with Crippen molar-refractivity contribution in [3.8, 4) is 11.1 Å². The largest absolute Gasteiger partial charge is 0.390 e. The van der Waals surface area contributed by atoms with Gasteiger partial charge in [-0.05, 0) is 43.9 Å². The average molecular weight is 302 g/mol. The number of nitrogens with two attached hydrogens (primary N) is 1. The second-order valence-electron chi connectivity index (χ2n) is 5.33. The van der Waals surface area contributed by atoms with Crippen molar-refractivity contribution < 1.29 is 4.79 Å². The summed E-state index contributed by atoms with van der Waals surface area (Å²) in [5.41, 5.74) is 11.2. The third kappa shape index (κ3) is 3.10. The third-order valence-corrected chi connectivity index (χ3v) is 4.60. The number of hydrogen-bond donors (Lipinski definition) is 2. The van der Waals surface area contributed by atoms with Crippen molar-refractivity contribution in [2.75, 3.05) is 12.3 Å². The lowest BCUT2D eigenvalue weighted by atomic mass is 9.97. The zero-order chi connectivity index (χ0) is 15.6. The zero-order valence-electron chi connectivity index (χ0n) is 13.0. The van der Waals surface area contributed by atoms with E-state index in [1.54, 1.807) is 0 Å². The molecule has 0 radical (unpaired) electrons. The molecule has 0 saturated carbocycles. The maximum Gasteiger partial charge on any atom is 0.254 e. The summed E-state index contributed by atoms with van der Waals surface area (Å²) in [6.07, 6.45) is 0.910. The maximum absolute atomic E-state index is 12.4. The molecule has 3 nitrogen and oxygen atoms in total. The summed E-state index contributed by atoms with van der Waals surface area (Å²) in [6, 6.07) is 6.28. The Morgan fingerprint density at radius 3 is 2.57 bits per heavy atom. The second-order valence-corrected chi connectivity index (χ2v) is 6.58. The van der Waals surface area contributed by atoms with Crippen molar-refractivity contribution in [3.63, 3.8) is 0 Å². The van der Waals surface area contributed by atoms with Crippen LogP contribution >= 0.6 is 11.3 Å². The molecule has 0 aliphatic rings. The molecule has 0 aliphatic carbocycles. The van der Waals surface area contributed by atoms with Crippen molar-refractivity contribution in [1.82, 2.24) is 5.32 Å². The van der Waals surface area contributed by atoms with E-state index in [-0.39, 0.29) is 5.91 Å². The molecule has 0 saturated heterocycles. The van der Waals surface area contributed by atoms with E-state index in [0.717, 1.165) is 22.4 Å². The molecule has 21 heavy (non-hydrogen) atoms. The molecule has 2 rings (SSSR count). The zero-order valence-corrected chi connectivity index (χ0v) is 13.9. The summed E-state index contributed by atoms with van der Waals surface area (Å²) in [5, 5.41) is 3.52. The molecule has 4 heteroatoms. The molecular formula is C17H22N2OS. The molecule has 0 atom stereocenters. The molecule has 112 valence electrons. The summed E-state index contributed by atoms with van der Waals surface area (Å²) in [5.74, 6) is -0.0769. The Morgan fingerprint density at radius 2 is 1.95 bits per heavy atom. The number of nitrogen functional groups attached to an aromatic ring is 1. The van der Waals surface area contributed by atoms with Gasteiger partial charge in [0.2, 0.25) is 0 Å². The maximum atomic E-state index is 12.4. The van der Waals surface area contributed by atoms with Crippen molar-refractivity contribution in [3.05, 3.63) is 39.8 Å². The molecule has 0 fully saturated rings. The van der Waals surface area contributed by atoms with E-state index in [2.05, 4.69) is 37.4 Å². The highest BCUT2D eigenvalue weighted by Gasteiger charge is 2.21. The molecule has 1 aromatic carbocycles. The van der Waals surface area contributed by atoms with Gasteiger partial charge in [0.15, 0.2) is 0 Å². The molecule has 2 aromatic rings.